The Hall–Kier alpha value is -0.570. The molecule has 0 fully saturated rings. The van der Waals surface area contributed by atoms with E-state index in [1.807, 2.05) is 0 Å². The Kier molecular flexibility index (Phi) is 2.65. The van der Waals surface area contributed by atoms with E-state index in [1.54, 1.807) is 13.8 Å². The zero-order valence-electron chi connectivity index (χ0n) is 5.97. The highest BCUT2D eigenvalue weighted by molar-refractivity contribution is 5.76. The number of rotatable bonds is 3. The maximum atomic E-state index is 10.4. The van der Waals surface area contributed by atoms with Crippen molar-refractivity contribution in [2.45, 2.75) is 25.9 Å². The summed E-state index contributed by atoms with van der Waals surface area (Å²) < 4.78 is 4.75. The molecule has 9 heavy (non-hydrogen) atoms. The second-order valence-electron chi connectivity index (χ2n) is 2.09. The molecule has 3 nitrogen and oxygen atoms in total. The molecule has 0 saturated carbocycles. The Bertz CT molecular complexity index is 105. The molecule has 1 N–H and O–H groups in total. The molecule has 0 aromatic rings. The lowest BCUT2D eigenvalue weighted by Gasteiger charge is -2.20. The Morgan fingerprint density at radius 2 is 2.22 bits per heavy atom. The lowest BCUT2D eigenvalue weighted by atomic mass is 10.0. The summed E-state index contributed by atoms with van der Waals surface area (Å²) in [7, 11) is 1.40. The number of hydrogen-bond acceptors (Lipinski definition) is 2. The number of carbonyl (C=O) groups is 1. The van der Waals surface area contributed by atoms with Crippen LogP contribution < -0.4 is 0 Å². The fraction of sp³-hybridized carbons (Fsp3) is 0.833. The first-order valence-electron chi connectivity index (χ1n) is 2.85. The van der Waals surface area contributed by atoms with Crippen LogP contribution in [0.3, 0.4) is 0 Å². The summed E-state index contributed by atoms with van der Waals surface area (Å²) in [5.41, 5.74) is -1.00. The highest BCUT2D eigenvalue weighted by Gasteiger charge is 2.29. The summed E-state index contributed by atoms with van der Waals surface area (Å²) in [5.74, 6) is -0.910. The summed E-state index contributed by atoms with van der Waals surface area (Å²) in [6.45, 7) is 3.33. The van der Waals surface area contributed by atoms with Crippen molar-refractivity contribution in [1.29, 1.82) is 0 Å². The van der Waals surface area contributed by atoms with E-state index in [0.29, 0.717) is 6.42 Å². The van der Waals surface area contributed by atoms with Gasteiger partial charge in [0.2, 0.25) is 0 Å². The molecule has 54 valence electrons. The SMILES string of the molecule is CC[C@@](C)(OC)C(=O)O. The Morgan fingerprint density at radius 1 is 1.78 bits per heavy atom. The van der Waals surface area contributed by atoms with E-state index in [0.717, 1.165) is 0 Å². The van der Waals surface area contributed by atoms with E-state index >= 15 is 0 Å². The van der Waals surface area contributed by atoms with Crippen LogP contribution in [-0.2, 0) is 9.53 Å². The van der Waals surface area contributed by atoms with Crippen molar-refractivity contribution in [3.63, 3.8) is 0 Å². The highest BCUT2D eigenvalue weighted by Crippen LogP contribution is 2.12. The fourth-order valence-electron chi connectivity index (χ4n) is 0.383. The number of hydrogen-bond donors (Lipinski definition) is 1. The Morgan fingerprint density at radius 3 is 2.22 bits per heavy atom. The largest absolute Gasteiger partial charge is 0.479 e. The molecule has 0 aromatic heterocycles. The van der Waals surface area contributed by atoms with E-state index < -0.39 is 11.6 Å². The van der Waals surface area contributed by atoms with E-state index in [-0.39, 0.29) is 0 Å². The van der Waals surface area contributed by atoms with Gasteiger partial charge in [-0.25, -0.2) is 4.79 Å². The molecule has 0 radical (unpaired) electrons. The van der Waals surface area contributed by atoms with Crippen molar-refractivity contribution in [2.75, 3.05) is 7.11 Å². The van der Waals surface area contributed by atoms with Crippen LogP contribution in [0.25, 0.3) is 0 Å². The van der Waals surface area contributed by atoms with Gasteiger partial charge >= 0.3 is 5.97 Å². The standard InChI is InChI=1S/C6H12O3/c1-4-6(2,9-3)5(7)8/h4H2,1-3H3,(H,7,8)/t6-/m1/s1. The third-order valence-corrected chi connectivity index (χ3v) is 1.58. The van der Waals surface area contributed by atoms with Crippen LogP contribution in [0, 0.1) is 0 Å². The van der Waals surface area contributed by atoms with Crippen LogP contribution in [-0.4, -0.2) is 23.8 Å². The van der Waals surface area contributed by atoms with Crippen LogP contribution in [0.2, 0.25) is 0 Å². The van der Waals surface area contributed by atoms with Gasteiger partial charge in [0.25, 0.3) is 0 Å². The predicted octanol–water partition coefficient (Wildman–Crippen LogP) is 0.886. The van der Waals surface area contributed by atoms with Crippen molar-refractivity contribution in [1.82, 2.24) is 0 Å². The van der Waals surface area contributed by atoms with Crippen molar-refractivity contribution >= 4 is 5.97 Å². The van der Waals surface area contributed by atoms with Crippen molar-refractivity contribution in [2.24, 2.45) is 0 Å². The normalized spacial score (nSPS) is 16.8. The summed E-state index contributed by atoms with van der Waals surface area (Å²) in [6.07, 6.45) is 0.485. The summed E-state index contributed by atoms with van der Waals surface area (Å²) >= 11 is 0. The number of carboxylic acid groups (broad SMARTS) is 1. The first-order chi connectivity index (χ1) is 4.06. The zero-order chi connectivity index (χ0) is 7.49. The molecule has 0 aliphatic rings. The molecule has 0 aliphatic heterocycles. The van der Waals surface area contributed by atoms with Crippen LogP contribution in [0.1, 0.15) is 20.3 Å². The molecule has 0 aromatic carbocycles. The minimum atomic E-state index is -1.00. The third-order valence-electron chi connectivity index (χ3n) is 1.58. The molecule has 0 heterocycles. The molecular formula is C6H12O3. The number of ether oxygens (including phenoxy) is 1. The minimum Gasteiger partial charge on any atom is -0.479 e. The molecule has 0 bridgehead atoms. The molecule has 0 spiro atoms. The number of aliphatic carboxylic acids is 1. The molecule has 1 atom stereocenters. The summed E-state index contributed by atoms with van der Waals surface area (Å²) in [5, 5.41) is 8.51. The highest BCUT2D eigenvalue weighted by atomic mass is 16.5. The smallest absolute Gasteiger partial charge is 0.335 e. The quantitative estimate of drug-likeness (QED) is 0.620. The van der Waals surface area contributed by atoms with Gasteiger partial charge in [-0.05, 0) is 13.3 Å². The van der Waals surface area contributed by atoms with Crippen LogP contribution in [0.15, 0.2) is 0 Å². The minimum absolute atomic E-state index is 0.485. The van der Waals surface area contributed by atoms with Crippen LogP contribution in [0.5, 0.6) is 0 Å². The topological polar surface area (TPSA) is 46.5 Å². The second kappa shape index (κ2) is 2.82. The summed E-state index contributed by atoms with van der Waals surface area (Å²) in [4.78, 5) is 10.4. The first-order valence-corrected chi connectivity index (χ1v) is 2.85. The number of carboxylic acids is 1. The second-order valence-corrected chi connectivity index (χ2v) is 2.09. The van der Waals surface area contributed by atoms with Gasteiger partial charge in [0.05, 0.1) is 0 Å². The van der Waals surface area contributed by atoms with Crippen molar-refractivity contribution in [3.05, 3.63) is 0 Å². The van der Waals surface area contributed by atoms with E-state index in [9.17, 15) is 4.79 Å². The van der Waals surface area contributed by atoms with Crippen molar-refractivity contribution in [3.8, 4) is 0 Å². The molecule has 0 aliphatic carbocycles. The average Bonchev–Trinajstić information content (AvgIpc) is 1.86. The van der Waals surface area contributed by atoms with E-state index in [2.05, 4.69) is 0 Å². The van der Waals surface area contributed by atoms with Gasteiger partial charge in [-0.2, -0.15) is 0 Å². The van der Waals surface area contributed by atoms with Gasteiger partial charge in [0.15, 0.2) is 5.60 Å². The van der Waals surface area contributed by atoms with Gasteiger partial charge < -0.3 is 9.84 Å². The van der Waals surface area contributed by atoms with Crippen LogP contribution in [0.4, 0.5) is 0 Å². The monoisotopic (exact) mass is 132 g/mol. The van der Waals surface area contributed by atoms with Gasteiger partial charge in [-0.3, -0.25) is 0 Å². The lowest BCUT2D eigenvalue weighted by molar-refractivity contribution is -0.160. The van der Waals surface area contributed by atoms with Gasteiger partial charge in [-0.15, -0.1) is 0 Å². The van der Waals surface area contributed by atoms with E-state index in [4.69, 9.17) is 9.84 Å². The maximum Gasteiger partial charge on any atom is 0.335 e. The Labute approximate surface area is 54.6 Å². The molecule has 0 saturated heterocycles. The fourth-order valence-corrected chi connectivity index (χ4v) is 0.383. The molecule has 3 heteroatoms. The van der Waals surface area contributed by atoms with E-state index in [1.165, 1.54) is 7.11 Å². The predicted molar refractivity (Wildman–Crippen MR) is 33.3 cm³/mol. The molecular weight excluding hydrogens is 120 g/mol. The third kappa shape index (κ3) is 1.68. The van der Waals surface area contributed by atoms with Gasteiger partial charge in [0.1, 0.15) is 0 Å². The number of methoxy groups -OCH3 is 1. The van der Waals surface area contributed by atoms with Crippen LogP contribution >= 0.6 is 0 Å². The maximum absolute atomic E-state index is 10.4. The van der Waals surface area contributed by atoms with Gasteiger partial charge in [0, 0.05) is 7.11 Å². The summed E-state index contributed by atoms with van der Waals surface area (Å²) in [6, 6.07) is 0. The van der Waals surface area contributed by atoms with Crippen molar-refractivity contribution < 1.29 is 14.6 Å². The lowest BCUT2D eigenvalue weighted by Crippen LogP contribution is -2.36. The average molecular weight is 132 g/mol. The zero-order valence-corrected chi connectivity index (χ0v) is 5.97. The molecule has 0 rings (SSSR count). The molecule has 0 amide bonds. The van der Waals surface area contributed by atoms with Gasteiger partial charge in [-0.1, -0.05) is 6.92 Å². The first kappa shape index (κ1) is 8.43. The Balaban J connectivity index is 4.09. The molecule has 0 unspecified atom stereocenters.